The van der Waals surface area contributed by atoms with Crippen molar-refractivity contribution in [3.05, 3.63) is 35.4 Å². The van der Waals surface area contributed by atoms with E-state index in [2.05, 4.69) is 23.5 Å². The van der Waals surface area contributed by atoms with Crippen LogP contribution in [0.15, 0.2) is 24.3 Å². The van der Waals surface area contributed by atoms with Crippen LogP contribution in [0.3, 0.4) is 0 Å². The first-order chi connectivity index (χ1) is 10.1. The minimum atomic E-state index is -0.402. The Morgan fingerprint density at radius 3 is 2.76 bits per heavy atom. The molecule has 1 saturated heterocycles. The minimum absolute atomic E-state index is 0.00319. The van der Waals surface area contributed by atoms with E-state index in [-0.39, 0.29) is 17.9 Å². The smallest absolute Gasteiger partial charge is 0.245 e. The Morgan fingerprint density at radius 2 is 2.05 bits per heavy atom. The molecule has 3 atom stereocenters. The second kappa shape index (κ2) is 5.51. The predicted molar refractivity (Wildman–Crippen MR) is 80.9 cm³/mol. The van der Waals surface area contributed by atoms with E-state index in [1.807, 2.05) is 17.9 Å². The maximum atomic E-state index is 12.5. The molecule has 2 amide bonds. The van der Waals surface area contributed by atoms with E-state index in [1.54, 1.807) is 6.92 Å². The van der Waals surface area contributed by atoms with Gasteiger partial charge < -0.3 is 10.2 Å². The van der Waals surface area contributed by atoms with Crippen LogP contribution >= 0.6 is 0 Å². The number of benzene rings is 1. The molecule has 112 valence electrons. The van der Waals surface area contributed by atoms with Gasteiger partial charge in [-0.2, -0.15) is 0 Å². The molecule has 1 heterocycles. The van der Waals surface area contributed by atoms with Crippen molar-refractivity contribution in [3.8, 4) is 0 Å². The summed E-state index contributed by atoms with van der Waals surface area (Å²) < 4.78 is 0. The molecule has 2 aliphatic rings. The first-order valence-electron chi connectivity index (χ1n) is 7.80. The van der Waals surface area contributed by atoms with Crippen LogP contribution in [-0.2, 0) is 16.0 Å². The first kappa shape index (κ1) is 14.1. The molecule has 1 fully saturated rings. The van der Waals surface area contributed by atoms with Crippen LogP contribution in [0.1, 0.15) is 43.7 Å². The van der Waals surface area contributed by atoms with Crippen molar-refractivity contribution in [1.82, 2.24) is 10.2 Å². The Hall–Kier alpha value is -1.84. The molecule has 0 aromatic heterocycles. The highest BCUT2D eigenvalue weighted by Gasteiger charge is 2.40. The van der Waals surface area contributed by atoms with E-state index < -0.39 is 6.04 Å². The molecule has 3 unspecified atom stereocenters. The molecule has 1 aromatic carbocycles. The monoisotopic (exact) mass is 286 g/mol. The molecule has 0 spiro atoms. The van der Waals surface area contributed by atoms with Crippen molar-refractivity contribution >= 4 is 11.8 Å². The molecular weight excluding hydrogens is 264 g/mol. The van der Waals surface area contributed by atoms with Crippen molar-refractivity contribution in [2.45, 2.75) is 51.1 Å². The topological polar surface area (TPSA) is 49.4 Å². The number of nitrogens with zero attached hydrogens (tertiary/aromatic N) is 1. The van der Waals surface area contributed by atoms with Gasteiger partial charge in [0, 0.05) is 12.5 Å². The number of rotatable bonds is 4. The normalized spacial score (nSPS) is 27.9. The Kier molecular flexibility index (Phi) is 3.70. The zero-order valence-electron chi connectivity index (χ0n) is 12.6. The van der Waals surface area contributed by atoms with Crippen molar-refractivity contribution in [2.24, 2.45) is 0 Å². The van der Waals surface area contributed by atoms with E-state index in [0.717, 1.165) is 19.3 Å². The fourth-order valence-electron chi connectivity index (χ4n) is 3.46. The number of carbonyl (C=O) groups excluding carboxylic acids is 2. The average Bonchev–Trinajstić information content (AvgIpc) is 2.44. The lowest BCUT2D eigenvalue weighted by molar-refractivity contribution is -0.149. The number of hydrogen-bond acceptors (Lipinski definition) is 2. The quantitative estimate of drug-likeness (QED) is 0.918. The largest absolute Gasteiger partial charge is 0.343 e. The second-order valence-electron chi connectivity index (χ2n) is 6.13. The van der Waals surface area contributed by atoms with Gasteiger partial charge in [0.1, 0.15) is 12.1 Å². The number of fused-ring (bicyclic) bond motifs is 1. The third-order valence-corrected chi connectivity index (χ3v) is 4.63. The molecule has 1 aromatic rings. The SMILES string of the molecule is CCCC1C(=O)NC(C)C(=O)N1CC1Cc2ccccc21. The lowest BCUT2D eigenvalue weighted by Crippen LogP contribution is -2.63. The van der Waals surface area contributed by atoms with Gasteiger partial charge in [-0.25, -0.2) is 0 Å². The lowest BCUT2D eigenvalue weighted by atomic mass is 9.77. The molecule has 0 saturated carbocycles. The van der Waals surface area contributed by atoms with E-state index in [9.17, 15) is 9.59 Å². The van der Waals surface area contributed by atoms with Gasteiger partial charge in [-0.1, -0.05) is 37.6 Å². The van der Waals surface area contributed by atoms with E-state index in [0.29, 0.717) is 12.5 Å². The summed E-state index contributed by atoms with van der Waals surface area (Å²) in [7, 11) is 0. The lowest BCUT2D eigenvalue weighted by Gasteiger charge is -2.42. The maximum Gasteiger partial charge on any atom is 0.245 e. The van der Waals surface area contributed by atoms with Crippen molar-refractivity contribution in [2.75, 3.05) is 6.54 Å². The standard InChI is InChI=1S/C17H22N2O2/c1-3-6-15-16(20)18-11(2)17(21)19(15)10-13-9-12-7-4-5-8-14(12)13/h4-5,7-8,11,13,15H,3,6,9-10H2,1-2H3,(H,18,20). The molecular formula is C17H22N2O2. The van der Waals surface area contributed by atoms with Crippen LogP contribution in [0.2, 0.25) is 0 Å². The zero-order valence-corrected chi connectivity index (χ0v) is 12.6. The Labute approximate surface area is 125 Å². The summed E-state index contributed by atoms with van der Waals surface area (Å²) in [5, 5.41) is 2.79. The average molecular weight is 286 g/mol. The summed E-state index contributed by atoms with van der Waals surface area (Å²) in [5.74, 6) is 0.427. The summed E-state index contributed by atoms with van der Waals surface area (Å²) in [4.78, 5) is 26.4. The number of hydrogen-bond donors (Lipinski definition) is 1. The number of nitrogens with one attached hydrogen (secondary N) is 1. The molecule has 4 nitrogen and oxygen atoms in total. The molecule has 1 aliphatic heterocycles. The highest BCUT2D eigenvalue weighted by molar-refractivity contribution is 5.96. The van der Waals surface area contributed by atoms with Gasteiger partial charge >= 0.3 is 0 Å². The number of amides is 2. The third kappa shape index (κ3) is 2.43. The molecule has 1 aliphatic carbocycles. The van der Waals surface area contributed by atoms with Gasteiger partial charge in [0.15, 0.2) is 0 Å². The fourth-order valence-corrected chi connectivity index (χ4v) is 3.46. The van der Waals surface area contributed by atoms with Gasteiger partial charge in [-0.3, -0.25) is 9.59 Å². The first-order valence-corrected chi connectivity index (χ1v) is 7.80. The molecule has 0 radical (unpaired) electrons. The highest BCUT2D eigenvalue weighted by Crippen LogP contribution is 2.36. The Morgan fingerprint density at radius 1 is 1.29 bits per heavy atom. The number of carbonyl (C=O) groups is 2. The van der Waals surface area contributed by atoms with Crippen LogP contribution in [-0.4, -0.2) is 35.3 Å². The van der Waals surface area contributed by atoms with E-state index in [1.165, 1.54) is 11.1 Å². The van der Waals surface area contributed by atoms with Gasteiger partial charge in [0.05, 0.1) is 0 Å². The second-order valence-corrected chi connectivity index (χ2v) is 6.13. The van der Waals surface area contributed by atoms with Crippen LogP contribution in [0.5, 0.6) is 0 Å². The Balaban J connectivity index is 1.78. The molecule has 0 bridgehead atoms. The summed E-state index contributed by atoms with van der Waals surface area (Å²) >= 11 is 0. The molecule has 4 heteroatoms. The zero-order chi connectivity index (χ0) is 15.0. The predicted octanol–water partition coefficient (Wildman–Crippen LogP) is 1.84. The maximum absolute atomic E-state index is 12.5. The van der Waals surface area contributed by atoms with Crippen molar-refractivity contribution < 1.29 is 9.59 Å². The van der Waals surface area contributed by atoms with Gasteiger partial charge in [-0.15, -0.1) is 0 Å². The Bertz CT molecular complexity index is 570. The fraction of sp³-hybridized carbons (Fsp3) is 0.529. The van der Waals surface area contributed by atoms with Crippen molar-refractivity contribution in [1.29, 1.82) is 0 Å². The van der Waals surface area contributed by atoms with E-state index >= 15 is 0 Å². The number of piperazine rings is 1. The molecule has 1 N–H and O–H groups in total. The highest BCUT2D eigenvalue weighted by atomic mass is 16.2. The third-order valence-electron chi connectivity index (χ3n) is 4.63. The van der Waals surface area contributed by atoms with Crippen molar-refractivity contribution in [3.63, 3.8) is 0 Å². The van der Waals surface area contributed by atoms with Crippen LogP contribution in [0.25, 0.3) is 0 Å². The van der Waals surface area contributed by atoms with Crippen LogP contribution in [0, 0.1) is 0 Å². The van der Waals surface area contributed by atoms with E-state index in [4.69, 9.17) is 0 Å². The molecule has 3 rings (SSSR count). The summed E-state index contributed by atoms with van der Waals surface area (Å²) in [6, 6.07) is 7.67. The summed E-state index contributed by atoms with van der Waals surface area (Å²) in [6.07, 6.45) is 2.64. The summed E-state index contributed by atoms with van der Waals surface area (Å²) in [6.45, 7) is 4.48. The van der Waals surface area contributed by atoms with Crippen LogP contribution < -0.4 is 5.32 Å². The summed E-state index contributed by atoms with van der Waals surface area (Å²) in [5.41, 5.74) is 2.70. The minimum Gasteiger partial charge on any atom is -0.343 e. The van der Waals surface area contributed by atoms with Gasteiger partial charge in [0.25, 0.3) is 0 Å². The van der Waals surface area contributed by atoms with Gasteiger partial charge in [-0.05, 0) is 30.9 Å². The molecule has 21 heavy (non-hydrogen) atoms. The van der Waals surface area contributed by atoms with Gasteiger partial charge in [0.2, 0.25) is 11.8 Å². The van der Waals surface area contributed by atoms with Crippen LogP contribution in [0.4, 0.5) is 0 Å².